The molecule has 1 saturated carbocycles. The topological polar surface area (TPSA) is 55.7 Å². The van der Waals surface area contributed by atoms with Crippen LogP contribution in [0, 0.1) is 11.3 Å². The van der Waals surface area contributed by atoms with Crippen molar-refractivity contribution in [3.63, 3.8) is 0 Å². The molecule has 4 rings (SSSR count). The third kappa shape index (κ3) is 4.42. The number of fused-ring (bicyclic) bond motifs is 1. The molecule has 0 spiro atoms. The van der Waals surface area contributed by atoms with Gasteiger partial charge in [0.05, 0.1) is 11.5 Å². The molecule has 2 unspecified atom stereocenters. The zero-order chi connectivity index (χ0) is 22.2. The summed E-state index contributed by atoms with van der Waals surface area (Å²) in [5.41, 5.74) is 3.69. The van der Waals surface area contributed by atoms with Gasteiger partial charge in [0.1, 0.15) is 12.4 Å². The number of Topliss-reactive ketones (excluding diaryl/α,β-unsaturated/α-hetero) is 1. The summed E-state index contributed by atoms with van der Waals surface area (Å²) in [6.07, 6.45) is 1.22. The highest BCUT2D eigenvalue weighted by molar-refractivity contribution is 9.10. The second-order valence-corrected chi connectivity index (χ2v) is 9.98. The smallest absolute Gasteiger partial charge is 0.336 e. The van der Waals surface area contributed by atoms with E-state index in [4.69, 9.17) is 9.73 Å². The van der Waals surface area contributed by atoms with E-state index in [0.29, 0.717) is 17.7 Å². The van der Waals surface area contributed by atoms with Gasteiger partial charge < -0.3 is 4.74 Å². The lowest BCUT2D eigenvalue weighted by atomic mass is 9.63. The van der Waals surface area contributed by atoms with Gasteiger partial charge in [0.2, 0.25) is 0 Å². The number of rotatable bonds is 4. The molecular formula is C26H26BrNO3. The van der Waals surface area contributed by atoms with Crippen molar-refractivity contribution in [1.82, 2.24) is 0 Å². The monoisotopic (exact) mass is 479 g/mol. The van der Waals surface area contributed by atoms with Crippen LogP contribution >= 0.6 is 15.9 Å². The first-order chi connectivity index (χ1) is 14.8. The molecule has 0 bridgehead atoms. The fourth-order valence-corrected chi connectivity index (χ4v) is 5.25. The normalized spacial score (nSPS) is 22.6. The molecule has 0 amide bonds. The van der Waals surface area contributed by atoms with Crippen LogP contribution in [0.3, 0.4) is 0 Å². The number of halogens is 1. The van der Waals surface area contributed by atoms with Crippen LogP contribution in [-0.2, 0) is 20.9 Å². The first-order valence-electron chi connectivity index (χ1n) is 10.5. The summed E-state index contributed by atoms with van der Waals surface area (Å²) in [6, 6.07) is 17.4. The van der Waals surface area contributed by atoms with E-state index in [1.165, 1.54) is 0 Å². The van der Waals surface area contributed by atoms with Crippen LogP contribution < -0.4 is 0 Å². The van der Waals surface area contributed by atoms with Crippen molar-refractivity contribution in [1.29, 1.82) is 0 Å². The summed E-state index contributed by atoms with van der Waals surface area (Å²) < 4.78 is 6.57. The summed E-state index contributed by atoms with van der Waals surface area (Å²) in [5, 5.41) is 0. The van der Waals surface area contributed by atoms with Crippen LogP contribution in [-0.4, -0.2) is 17.5 Å². The van der Waals surface area contributed by atoms with E-state index in [1.54, 1.807) is 0 Å². The van der Waals surface area contributed by atoms with E-state index < -0.39 is 17.8 Å². The number of aliphatic imine (C=N–C) groups is 1. The van der Waals surface area contributed by atoms with Crippen LogP contribution in [0.2, 0.25) is 0 Å². The van der Waals surface area contributed by atoms with Crippen molar-refractivity contribution in [3.8, 4) is 0 Å². The number of nitrogens with zero attached hydrogens (tertiary/aromatic N) is 1. The first-order valence-corrected chi connectivity index (χ1v) is 11.3. The number of allylic oxidation sites excluding steroid dienone is 1. The third-order valence-electron chi connectivity index (χ3n) is 6.04. The Kier molecular flexibility index (Phi) is 5.98. The minimum absolute atomic E-state index is 0.128. The van der Waals surface area contributed by atoms with Crippen molar-refractivity contribution >= 4 is 33.4 Å². The molecule has 2 aromatic rings. The third-order valence-corrected chi connectivity index (χ3v) is 6.76. The van der Waals surface area contributed by atoms with Gasteiger partial charge in [-0.3, -0.25) is 9.79 Å². The molecule has 0 radical (unpaired) electrons. The molecule has 1 heterocycles. The molecule has 0 aromatic heterocycles. The summed E-state index contributed by atoms with van der Waals surface area (Å²) in [4.78, 5) is 31.4. The standard InChI is InChI=1S/C26H26BrNO3/c1-16-22(25(30)31-15-17-9-5-4-6-10-17)23(18-11-7-8-12-19(18)27)24-20(28-16)13-26(2,3)14-21(24)29/h4-12,23-24H,13-15H2,1-3H3. The van der Waals surface area contributed by atoms with Gasteiger partial charge in [-0.05, 0) is 36.0 Å². The summed E-state index contributed by atoms with van der Waals surface area (Å²) >= 11 is 3.64. The molecular weight excluding hydrogens is 454 g/mol. The largest absolute Gasteiger partial charge is 0.457 e. The molecule has 31 heavy (non-hydrogen) atoms. The first kappa shape index (κ1) is 21.7. The zero-order valence-electron chi connectivity index (χ0n) is 18.0. The number of carbonyl (C=O) groups is 2. The van der Waals surface area contributed by atoms with E-state index >= 15 is 0 Å². The molecule has 2 aliphatic rings. The van der Waals surface area contributed by atoms with E-state index in [1.807, 2.05) is 61.5 Å². The lowest BCUT2D eigenvalue weighted by molar-refractivity contribution is -0.140. The molecule has 0 saturated heterocycles. The van der Waals surface area contributed by atoms with Crippen LogP contribution in [0.1, 0.15) is 50.7 Å². The average Bonchev–Trinajstić information content (AvgIpc) is 2.71. The Morgan fingerprint density at radius 1 is 1.06 bits per heavy atom. The highest BCUT2D eigenvalue weighted by Crippen LogP contribution is 2.48. The Labute approximate surface area is 191 Å². The van der Waals surface area contributed by atoms with E-state index in [9.17, 15) is 9.59 Å². The molecule has 4 nitrogen and oxygen atoms in total. The average molecular weight is 480 g/mol. The fourth-order valence-electron chi connectivity index (χ4n) is 4.72. The lowest BCUT2D eigenvalue weighted by Gasteiger charge is -2.41. The van der Waals surface area contributed by atoms with Gasteiger partial charge in [0, 0.05) is 28.2 Å². The lowest BCUT2D eigenvalue weighted by Crippen LogP contribution is -2.44. The Hall–Kier alpha value is -2.53. The molecule has 5 heteroatoms. The number of hydrogen-bond acceptors (Lipinski definition) is 4. The van der Waals surface area contributed by atoms with Gasteiger partial charge in [-0.15, -0.1) is 0 Å². The Morgan fingerprint density at radius 2 is 1.74 bits per heavy atom. The van der Waals surface area contributed by atoms with Crippen molar-refractivity contribution in [2.24, 2.45) is 16.3 Å². The van der Waals surface area contributed by atoms with Gasteiger partial charge in [-0.2, -0.15) is 0 Å². The highest BCUT2D eigenvalue weighted by atomic mass is 79.9. The second-order valence-electron chi connectivity index (χ2n) is 9.12. The zero-order valence-corrected chi connectivity index (χ0v) is 19.6. The van der Waals surface area contributed by atoms with Crippen LogP contribution in [0.4, 0.5) is 0 Å². The van der Waals surface area contributed by atoms with Crippen molar-refractivity contribution < 1.29 is 14.3 Å². The predicted octanol–water partition coefficient (Wildman–Crippen LogP) is 6.01. The van der Waals surface area contributed by atoms with E-state index in [2.05, 4.69) is 29.8 Å². The van der Waals surface area contributed by atoms with E-state index in [0.717, 1.165) is 27.7 Å². The molecule has 1 aliphatic carbocycles. The molecule has 1 fully saturated rings. The van der Waals surface area contributed by atoms with Crippen molar-refractivity contribution in [3.05, 3.63) is 81.5 Å². The van der Waals surface area contributed by atoms with Gasteiger partial charge in [-0.25, -0.2) is 4.79 Å². The number of benzene rings is 2. The highest BCUT2D eigenvalue weighted by Gasteiger charge is 2.48. The van der Waals surface area contributed by atoms with Crippen LogP contribution in [0.5, 0.6) is 0 Å². The second kappa shape index (κ2) is 8.54. The minimum Gasteiger partial charge on any atom is -0.457 e. The Balaban J connectivity index is 1.76. The molecule has 0 N–H and O–H groups in total. The number of carbonyl (C=O) groups excluding carboxylic acids is 2. The SMILES string of the molecule is CC1=C(C(=O)OCc2ccccc2)C(c2ccccc2Br)C2C(=O)CC(C)(C)CC2=N1. The number of hydrogen-bond donors (Lipinski definition) is 0. The summed E-state index contributed by atoms with van der Waals surface area (Å²) in [6.45, 7) is 6.22. The van der Waals surface area contributed by atoms with Gasteiger partial charge in [0.25, 0.3) is 0 Å². The Bertz CT molecular complexity index is 1080. The number of ketones is 1. The van der Waals surface area contributed by atoms with Crippen LogP contribution in [0.15, 0.2) is 75.3 Å². The van der Waals surface area contributed by atoms with Gasteiger partial charge >= 0.3 is 5.97 Å². The maximum atomic E-state index is 13.3. The van der Waals surface area contributed by atoms with E-state index in [-0.39, 0.29) is 17.8 Å². The maximum Gasteiger partial charge on any atom is 0.336 e. The number of ether oxygens (including phenoxy) is 1. The molecule has 2 aromatic carbocycles. The van der Waals surface area contributed by atoms with Gasteiger partial charge in [-0.1, -0.05) is 78.3 Å². The van der Waals surface area contributed by atoms with Crippen LogP contribution in [0.25, 0.3) is 0 Å². The maximum absolute atomic E-state index is 13.3. The molecule has 1 aliphatic heterocycles. The van der Waals surface area contributed by atoms with Crippen molar-refractivity contribution in [2.45, 2.75) is 46.1 Å². The van der Waals surface area contributed by atoms with Crippen molar-refractivity contribution in [2.75, 3.05) is 0 Å². The van der Waals surface area contributed by atoms with Gasteiger partial charge in [0.15, 0.2) is 0 Å². The molecule has 2 atom stereocenters. The molecule has 160 valence electrons. The number of esters is 1. The Morgan fingerprint density at radius 3 is 2.45 bits per heavy atom. The quantitative estimate of drug-likeness (QED) is 0.504. The minimum atomic E-state index is -0.435. The predicted molar refractivity (Wildman–Crippen MR) is 125 cm³/mol. The summed E-state index contributed by atoms with van der Waals surface area (Å²) in [5.74, 6) is -1.12. The summed E-state index contributed by atoms with van der Waals surface area (Å²) in [7, 11) is 0. The fraction of sp³-hybridized carbons (Fsp3) is 0.346.